The smallest absolute Gasteiger partial charge is 0.232 e. The van der Waals surface area contributed by atoms with E-state index < -0.39 is 0 Å². The Bertz CT molecular complexity index is 748. The monoisotopic (exact) mass is 387 g/mol. The molecule has 4 rings (SSSR count). The lowest BCUT2D eigenvalue weighted by atomic mass is 9.95. The third-order valence-electron chi connectivity index (χ3n) is 5.34. The van der Waals surface area contributed by atoms with E-state index in [0.717, 1.165) is 25.9 Å². The van der Waals surface area contributed by atoms with Crippen LogP contribution in [-0.2, 0) is 11.2 Å². The van der Waals surface area contributed by atoms with E-state index in [4.69, 9.17) is 4.52 Å². The minimum Gasteiger partial charge on any atom is -0.342 e. The Labute approximate surface area is 163 Å². The van der Waals surface area contributed by atoms with Gasteiger partial charge in [-0.1, -0.05) is 18.0 Å². The average molecular weight is 388 g/mol. The summed E-state index contributed by atoms with van der Waals surface area (Å²) in [5.74, 6) is 2.34. The number of hydrogen-bond acceptors (Lipinski definition) is 7. The second kappa shape index (κ2) is 8.82. The molecule has 0 N–H and O–H groups in total. The molecule has 1 amide bonds. The van der Waals surface area contributed by atoms with Crippen LogP contribution in [0, 0.1) is 5.92 Å². The van der Waals surface area contributed by atoms with Crippen molar-refractivity contribution in [3.8, 4) is 11.5 Å². The lowest BCUT2D eigenvalue weighted by Gasteiger charge is -2.32. The summed E-state index contributed by atoms with van der Waals surface area (Å²) in [4.78, 5) is 27.3. The molecule has 144 valence electrons. The van der Waals surface area contributed by atoms with Gasteiger partial charge in [0.25, 0.3) is 0 Å². The van der Waals surface area contributed by atoms with Gasteiger partial charge in [-0.15, -0.1) is 11.8 Å². The van der Waals surface area contributed by atoms with Crippen LogP contribution in [-0.4, -0.2) is 55.0 Å². The Morgan fingerprint density at radius 2 is 2.11 bits per heavy atom. The van der Waals surface area contributed by atoms with Crippen LogP contribution in [0.2, 0.25) is 0 Å². The molecule has 1 aliphatic heterocycles. The summed E-state index contributed by atoms with van der Waals surface area (Å²) >= 11 is 1.85. The summed E-state index contributed by atoms with van der Waals surface area (Å²) in [5, 5.41) is 4.69. The van der Waals surface area contributed by atoms with Gasteiger partial charge in [-0.05, 0) is 31.6 Å². The largest absolute Gasteiger partial charge is 0.342 e. The van der Waals surface area contributed by atoms with Crippen LogP contribution in [0.15, 0.2) is 23.1 Å². The number of carbonyl (C=O) groups excluding carboxylic acids is 1. The number of likely N-dealkylation sites (tertiary alicyclic amines) is 1. The molecule has 0 aromatic carbocycles. The van der Waals surface area contributed by atoms with Gasteiger partial charge in [0.05, 0.1) is 11.9 Å². The van der Waals surface area contributed by atoms with Gasteiger partial charge in [-0.25, -0.2) is 4.98 Å². The predicted molar refractivity (Wildman–Crippen MR) is 103 cm³/mol. The Kier molecular flexibility index (Phi) is 6.01. The van der Waals surface area contributed by atoms with Crippen LogP contribution in [0.4, 0.5) is 0 Å². The molecule has 1 saturated carbocycles. The van der Waals surface area contributed by atoms with E-state index in [1.54, 1.807) is 18.6 Å². The lowest BCUT2D eigenvalue weighted by molar-refractivity contribution is -0.130. The zero-order chi connectivity index (χ0) is 18.5. The van der Waals surface area contributed by atoms with E-state index >= 15 is 0 Å². The maximum atomic E-state index is 12.6. The maximum absolute atomic E-state index is 12.6. The summed E-state index contributed by atoms with van der Waals surface area (Å²) in [6, 6.07) is 0. The first-order chi connectivity index (χ1) is 13.3. The maximum Gasteiger partial charge on any atom is 0.232 e. The van der Waals surface area contributed by atoms with E-state index in [0.29, 0.717) is 40.8 Å². The molecule has 7 nitrogen and oxygen atoms in total. The number of nitrogens with zero attached hydrogens (tertiary/aromatic N) is 5. The van der Waals surface area contributed by atoms with Crippen molar-refractivity contribution in [3.63, 3.8) is 0 Å². The van der Waals surface area contributed by atoms with Crippen LogP contribution in [0.3, 0.4) is 0 Å². The third kappa shape index (κ3) is 4.86. The summed E-state index contributed by atoms with van der Waals surface area (Å²) in [7, 11) is 0. The molecule has 2 aliphatic rings. The minimum atomic E-state index is 0.280. The molecule has 1 aliphatic carbocycles. The first-order valence-electron chi connectivity index (χ1n) is 9.76. The van der Waals surface area contributed by atoms with Gasteiger partial charge < -0.3 is 9.42 Å². The van der Waals surface area contributed by atoms with Crippen molar-refractivity contribution in [3.05, 3.63) is 24.5 Å². The van der Waals surface area contributed by atoms with Crippen LogP contribution in [0.25, 0.3) is 11.5 Å². The normalized spacial score (nSPS) is 20.9. The highest BCUT2D eigenvalue weighted by Crippen LogP contribution is 2.30. The van der Waals surface area contributed by atoms with E-state index in [2.05, 4.69) is 20.1 Å². The summed E-state index contributed by atoms with van der Waals surface area (Å²) < 4.78 is 5.40. The number of rotatable bonds is 6. The van der Waals surface area contributed by atoms with Crippen LogP contribution in [0.5, 0.6) is 0 Å². The first-order valence-corrected chi connectivity index (χ1v) is 10.8. The van der Waals surface area contributed by atoms with Crippen LogP contribution in [0.1, 0.15) is 44.4 Å². The van der Waals surface area contributed by atoms with E-state index in [1.807, 2.05) is 16.7 Å². The number of piperidine rings is 1. The molecule has 2 aromatic heterocycles. The number of thioether (sulfide) groups is 1. The highest BCUT2D eigenvalue weighted by molar-refractivity contribution is 8.00. The zero-order valence-electron chi connectivity index (χ0n) is 15.4. The van der Waals surface area contributed by atoms with Gasteiger partial charge in [0.1, 0.15) is 5.69 Å². The quantitative estimate of drug-likeness (QED) is 0.753. The van der Waals surface area contributed by atoms with Crippen molar-refractivity contribution in [2.24, 2.45) is 5.92 Å². The average Bonchev–Trinajstić information content (AvgIpc) is 3.39. The fourth-order valence-electron chi connectivity index (χ4n) is 3.90. The van der Waals surface area contributed by atoms with E-state index in [1.165, 1.54) is 25.7 Å². The number of carbonyl (C=O) groups is 1. The molecule has 0 radical (unpaired) electrons. The summed E-state index contributed by atoms with van der Waals surface area (Å²) in [6.45, 7) is 1.65. The third-order valence-corrected chi connectivity index (χ3v) is 6.70. The molecule has 27 heavy (non-hydrogen) atoms. The molecule has 0 spiro atoms. The molecule has 1 saturated heterocycles. The SMILES string of the molecule is O=C(CSC1CCCC1)N1CCC[C@H](Cc2nc(-c3cnccn3)no2)C1. The second-order valence-electron chi connectivity index (χ2n) is 7.37. The Balaban J connectivity index is 1.29. The van der Waals surface area contributed by atoms with Crippen molar-refractivity contribution < 1.29 is 9.32 Å². The number of aromatic nitrogens is 4. The van der Waals surface area contributed by atoms with Crippen molar-refractivity contribution in [2.75, 3.05) is 18.8 Å². The molecular formula is C19H25N5O2S. The van der Waals surface area contributed by atoms with Crippen molar-refractivity contribution in [2.45, 2.75) is 50.2 Å². The topological polar surface area (TPSA) is 85.0 Å². The number of hydrogen-bond donors (Lipinski definition) is 0. The molecule has 8 heteroatoms. The molecule has 1 atom stereocenters. The standard InChI is InChI=1S/C19H25N5O2S/c25-18(13-27-15-5-1-2-6-15)24-9-3-4-14(12-24)10-17-22-19(23-26-17)16-11-20-7-8-21-16/h7-8,11,14-15H,1-6,9-10,12-13H2/t14-/m1/s1. The minimum absolute atomic E-state index is 0.280. The first kappa shape index (κ1) is 18.4. The molecule has 2 fully saturated rings. The Morgan fingerprint density at radius 1 is 1.22 bits per heavy atom. The van der Waals surface area contributed by atoms with Gasteiger partial charge in [-0.3, -0.25) is 9.78 Å². The predicted octanol–water partition coefficient (Wildman–Crippen LogP) is 2.98. The zero-order valence-corrected chi connectivity index (χ0v) is 16.2. The van der Waals surface area contributed by atoms with Crippen molar-refractivity contribution in [1.29, 1.82) is 0 Å². The Morgan fingerprint density at radius 3 is 2.93 bits per heavy atom. The summed E-state index contributed by atoms with van der Waals surface area (Å²) in [5.41, 5.74) is 0.608. The molecule has 0 unspecified atom stereocenters. The van der Waals surface area contributed by atoms with Gasteiger partial charge in [0.2, 0.25) is 17.6 Å². The lowest BCUT2D eigenvalue weighted by Crippen LogP contribution is -2.41. The van der Waals surface area contributed by atoms with Gasteiger partial charge >= 0.3 is 0 Å². The van der Waals surface area contributed by atoms with Gasteiger partial charge in [-0.2, -0.15) is 4.98 Å². The second-order valence-corrected chi connectivity index (χ2v) is 8.66. The fraction of sp³-hybridized carbons (Fsp3) is 0.632. The van der Waals surface area contributed by atoms with Crippen LogP contribution >= 0.6 is 11.8 Å². The molecule has 3 heterocycles. The van der Waals surface area contributed by atoms with Crippen molar-refractivity contribution >= 4 is 17.7 Å². The number of amides is 1. The van der Waals surface area contributed by atoms with E-state index in [-0.39, 0.29) is 5.91 Å². The highest BCUT2D eigenvalue weighted by atomic mass is 32.2. The van der Waals surface area contributed by atoms with Crippen LogP contribution < -0.4 is 0 Å². The fourth-order valence-corrected chi connectivity index (χ4v) is 5.12. The van der Waals surface area contributed by atoms with Crippen molar-refractivity contribution in [1.82, 2.24) is 25.0 Å². The molecule has 2 aromatic rings. The molecule has 0 bridgehead atoms. The highest BCUT2D eigenvalue weighted by Gasteiger charge is 2.26. The van der Waals surface area contributed by atoms with E-state index in [9.17, 15) is 4.79 Å². The van der Waals surface area contributed by atoms with Gasteiger partial charge in [0.15, 0.2) is 0 Å². The van der Waals surface area contributed by atoms with Gasteiger partial charge in [0, 0.05) is 37.2 Å². The molecular weight excluding hydrogens is 362 g/mol. The summed E-state index contributed by atoms with van der Waals surface area (Å²) in [6.07, 6.45) is 12.8. The Hall–Kier alpha value is -1.96.